The van der Waals surface area contributed by atoms with E-state index >= 15 is 0 Å². The minimum Gasteiger partial charge on any atom is -0.395 e. The fraction of sp³-hybridized carbons (Fsp3) is 0.909. The van der Waals surface area contributed by atoms with E-state index in [-0.39, 0.29) is 18.3 Å². The fourth-order valence-corrected chi connectivity index (χ4v) is 2.36. The van der Waals surface area contributed by atoms with Crippen molar-refractivity contribution in [2.45, 2.75) is 12.8 Å². The number of hydrogen-bond donors (Lipinski definition) is 1. The van der Waals surface area contributed by atoms with Crippen LogP contribution in [0.3, 0.4) is 0 Å². The number of carbonyl (C=O) groups excluding carboxylic acids is 1. The van der Waals surface area contributed by atoms with Gasteiger partial charge in [0, 0.05) is 5.92 Å². The molecule has 0 aromatic rings. The van der Waals surface area contributed by atoms with Crippen LogP contribution in [0.1, 0.15) is 12.8 Å². The molecule has 4 heteroatoms. The van der Waals surface area contributed by atoms with Gasteiger partial charge in [0.15, 0.2) is 0 Å². The zero-order valence-electron chi connectivity index (χ0n) is 9.24. The summed E-state index contributed by atoms with van der Waals surface area (Å²) >= 11 is 0. The Kier molecular flexibility index (Phi) is 3.09. The summed E-state index contributed by atoms with van der Waals surface area (Å²) in [6.45, 7) is 2.74. The topological polar surface area (TPSA) is 49.8 Å². The lowest BCUT2D eigenvalue weighted by Gasteiger charge is -2.42. The lowest BCUT2D eigenvalue weighted by Crippen LogP contribution is -2.55. The summed E-state index contributed by atoms with van der Waals surface area (Å²) in [4.78, 5) is 14.4. The fourth-order valence-electron chi connectivity index (χ4n) is 2.36. The second-order valence-electron chi connectivity index (χ2n) is 4.87. The lowest BCUT2D eigenvalue weighted by molar-refractivity contribution is -0.173. The van der Waals surface area contributed by atoms with Gasteiger partial charge in [-0.2, -0.15) is 0 Å². The van der Waals surface area contributed by atoms with Crippen molar-refractivity contribution in [3.63, 3.8) is 0 Å². The van der Waals surface area contributed by atoms with E-state index in [1.54, 1.807) is 0 Å². The first-order valence-corrected chi connectivity index (χ1v) is 5.59. The predicted molar refractivity (Wildman–Crippen MR) is 55.6 cm³/mol. The normalized spacial score (nSPS) is 27.3. The molecule has 4 nitrogen and oxygen atoms in total. The van der Waals surface area contributed by atoms with Crippen molar-refractivity contribution in [2.24, 2.45) is 11.3 Å². The third-order valence-corrected chi connectivity index (χ3v) is 3.67. The van der Waals surface area contributed by atoms with Crippen molar-refractivity contribution in [1.82, 2.24) is 4.90 Å². The number of aliphatic hydroxyl groups excluding tert-OH is 1. The molecule has 2 aliphatic rings. The zero-order valence-corrected chi connectivity index (χ0v) is 9.24. The van der Waals surface area contributed by atoms with Gasteiger partial charge in [-0.15, -0.1) is 0 Å². The molecule has 2 fully saturated rings. The SMILES string of the molecule is CN1CCC(C(=O)C2(CO)COC2)CC1. The summed E-state index contributed by atoms with van der Waals surface area (Å²) in [5.74, 6) is 0.363. The van der Waals surface area contributed by atoms with Gasteiger partial charge in [0.1, 0.15) is 5.78 Å². The molecule has 0 atom stereocenters. The van der Waals surface area contributed by atoms with Crippen LogP contribution in [0.5, 0.6) is 0 Å². The number of carbonyl (C=O) groups is 1. The van der Waals surface area contributed by atoms with Gasteiger partial charge in [-0.1, -0.05) is 0 Å². The van der Waals surface area contributed by atoms with Gasteiger partial charge in [0.2, 0.25) is 0 Å². The number of nitrogens with zero attached hydrogens (tertiary/aromatic N) is 1. The summed E-state index contributed by atoms with van der Waals surface area (Å²) in [6.07, 6.45) is 1.86. The highest BCUT2D eigenvalue weighted by atomic mass is 16.5. The maximum atomic E-state index is 12.2. The molecule has 0 spiro atoms. The van der Waals surface area contributed by atoms with Crippen molar-refractivity contribution in [3.05, 3.63) is 0 Å². The van der Waals surface area contributed by atoms with Crippen LogP contribution < -0.4 is 0 Å². The highest BCUT2D eigenvalue weighted by Crippen LogP contribution is 2.34. The molecule has 0 aromatic heterocycles. The number of ether oxygens (including phenoxy) is 1. The van der Waals surface area contributed by atoms with E-state index in [0.717, 1.165) is 25.9 Å². The van der Waals surface area contributed by atoms with Gasteiger partial charge < -0.3 is 14.7 Å². The third kappa shape index (κ3) is 1.94. The average molecular weight is 213 g/mol. The maximum Gasteiger partial charge on any atom is 0.149 e. The van der Waals surface area contributed by atoms with Crippen molar-refractivity contribution >= 4 is 5.78 Å². The number of ketones is 1. The van der Waals surface area contributed by atoms with Gasteiger partial charge in [-0.25, -0.2) is 0 Å². The van der Waals surface area contributed by atoms with Crippen LogP contribution in [0, 0.1) is 11.3 Å². The van der Waals surface area contributed by atoms with Crippen LogP contribution in [-0.2, 0) is 9.53 Å². The van der Waals surface area contributed by atoms with Gasteiger partial charge in [0.05, 0.1) is 25.2 Å². The van der Waals surface area contributed by atoms with Crippen LogP contribution in [0.25, 0.3) is 0 Å². The summed E-state index contributed by atoms with van der Waals surface area (Å²) in [5.41, 5.74) is -0.555. The van der Waals surface area contributed by atoms with Gasteiger partial charge in [-0.05, 0) is 33.0 Å². The highest BCUT2D eigenvalue weighted by Gasteiger charge is 2.47. The summed E-state index contributed by atoms with van der Waals surface area (Å²) < 4.78 is 5.07. The molecule has 2 rings (SSSR count). The van der Waals surface area contributed by atoms with E-state index in [9.17, 15) is 9.90 Å². The molecule has 0 aliphatic carbocycles. The van der Waals surface area contributed by atoms with Gasteiger partial charge >= 0.3 is 0 Å². The Bertz CT molecular complexity index is 237. The van der Waals surface area contributed by atoms with Crippen molar-refractivity contribution in [3.8, 4) is 0 Å². The molecule has 2 aliphatic heterocycles. The van der Waals surface area contributed by atoms with Gasteiger partial charge in [-0.3, -0.25) is 4.79 Å². The Labute approximate surface area is 90.2 Å². The van der Waals surface area contributed by atoms with Crippen LogP contribution >= 0.6 is 0 Å². The molecule has 2 saturated heterocycles. The largest absolute Gasteiger partial charge is 0.395 e. The number of piperidine rings is 1. The number of likely N-dealkylation sites (tertiary alicyclic amines) is 1. The first-order valence-electron chi connectivity index (χ1n) is 5.59. The van der Waals surface area contributed by atoms with E-state index < -0.39 is 5.41 Å². The van der Waals surface area contributed by atoms with E-state index in [0.29, 0.717) is 13.2 Å². The number of rotatable bonds is 3. The molecule has 0 radical (unpaired) electrons. The molecule has 0 aromatic carbocycles. The molecule has 86 valence electrons. The van der Waals surface area contributed by atoms with Crippen molar-refractivity contribution in [2.75, 3.05) is 40.0 Å². The van der Waals surface area contributed by atoms with E-state index in [2.05, 4.69) is 11.9 Å². The Morgan fingerprint density at radius 1 is 1.47 bits per heavy atom. The van der Waals surface area contributed by atoms with Crippen molar-refractivity contribution in [1.29, 1.82) is 0 Å². The second kappa shape index (κ2) is 4.20. The number of hydrogen-bond acceptors (Lipinski definition) is 4. The molecule has 0 unspecified atom stereocenters. The predicted octanol–water partition coefficient (Wildman–Crippen LogP) is -0.0938. The lowest BCUT2D eigenvalue weighted by atomic mass is 9.74. The molecular formula is C11H19NO3. The molecule has 0 amide bonds. The van der Waals surface area contributed by atoms with E-state index in [1.807, 2.05) is 0 Å². The Morgan fingerprint density at radius 2 is 2.07 bits per heavy atom. The van der Waals surface area contributed by atoms with Crippen LogP contribution in [0.2, 0.25) is 0 Å². The van der Waals surface area contributed by atoms with Crippen LogP contribution in [0.15, 0.2) is 0 Å². The molecular weight excluding hydrogens is 194 g/mol. The number of aliphatic hydroxyl groups is 1. The zero-order chi connectivity index (χ0) is 10.9. The maximum absolute atomic E-state index is 12.2. The standard InChI is InChI=1S/C11H19NO3/c1-12-4-2-9(3-5-12)10(14)11(6-13)7-15-8-11/h9,13H,2-8H2,1H3. The average Bonchev–Trinajstić information content (AvgIpc) is 2.18. The summed E-state index contributed by atoms with van der Waals surface area (Å²) in [6, 6.07) is 0. The molecule has 15 heavy (non-hydrogen) atoms. The minimum atomic E-state index is -0.555. The Hall–Kier alpha value is -0.450. The Balaban J connectivity index is 1.95. The monoisotopic (exact) mass is 213 g/mol. The third-order valence-electron chi connectivity index (χ3n) is 3.67. The first-order chi connectivity index (χ1) is 7.18. The van der Waals surface area contributed by atoms with Crippen molar-refractivity contribution < 1.29 is 14.6 Å². The van der Waals surface area contributed by atoms with Crippen LogP contribution in [0.4, 0.5) is 0 Å². The quantitative estimate of drug-likeness (QED) is 0.711. The molecule has 0 saturated carbocycles. The van der Waals surface area contributed by atoms with E-state index in [1.165, 1.54) is 0 Å². The highest BCUT2D eigenvalue weighted by molar-refractivity contribution is 5.88. The van der Waals surface area contributed by atoms with Crippen LogP contribution in [-0.4, -0.2) is 55.7 Å². The molecule has 2 heterocycles. The minimum absolute atomic E-state index is 0.0574. The molecule has 1 N–H and O–H groups in total. The number of Topliss-reactive ketones (excluding diaryl/α,β-unsaturated/α-hetero) is 1. The Morgan fingerprint density at radius 3 is 2.47 bits per heavy atom. The van der Waals surface area contributed by atoms with Gasteiger partial charge in [0.25, 0.3) is 0 Å². The summed E-state index contributed by atoms with van der Waals surface area (Å²) in [5, 5.41) is 9.28. The first kappa shape index (κ1) is 11.0. The smallest absolute Gasteiger partial charge is 0.149 e. The summed E-state index contributed by atoms with van der Waals surface area (Å²) in [7, 11) is 2.08. The molecule has 0 bridgehead atoms. The van der Waals surface area contributed by atoms with E-state index in [4.69, 9.17) is 4.74 Å². The second-order valence-corrected chi connectivity index (χ2v) is 4.87.